The van der Waals surface area contributed by atoms with Crippen LogP contribution in [-0.2, 0) is 15.3 Å². The Labute approximate surface area is 113 Å². The Kier molecular flexibility index (Phi) is 5.98. The number of benzene rings is 1. The first kappa shape index (κ1) is 14.5. The molecule has 1 aromatic carbocycles. The highest BCUT2D eigenvalue weighted by molar-refractivity contribution is 9.10. The van der Waals surface area contributed by atoms with E-state index in [1.54, 1.807) is 23.9 Å². The molecular formula is C12H14BrFO2S. The third-order valence-electron chi connectivity index (χ3n) is 2.20. The first-order valence-corrected chi connectivity index (χ1v) is 6.99. The van der Waals surface area contributed by atoms with Gasteiger partial charge in [-0.3, -0.25) is 4.79 Å². The second-order valence-corrected chi connectivity index (χ2v) is 5.93. The van der Waals surface area contributed by atoms with E-state index in [0.29, 0.717) is 10.9 Å². The average Bonchev–Trinajstić information content (AvgIpc) is 2.30. The van der Waals surface area contributed by atoms with Crippen LogP contribution in [0.1, 0.15) is 18.9 Å². The van der Waals surface area contributed by atoms with Gasteiger partial charge in [-0.2, -0.15) is 11.8 Å². The van der Waals surface area contributed by atoms with E-state index >= 15 is 0 Å². The van der Waals surface area contributed by atoms with Crippen LogP contribution in [0.4, 0.5) is 4.39 Å². The van der Waals surface area contributed by atoms with Crippen LogP contribution in [-0.4, -0.2) is 18.3 Å². The van der Waals surface area contributed by atoms with Crippen molar-refractivity contribution in [1.82, 2.24) is 0 Å². The Morgan fingerprint density at radius 2 is 2.29 bits per heavy atom. The van der Waals surface area contributed by atoms with E-state index in [2.05, 4.69) is 20.7 Å². The molecule has 0 N–H and O–H groups in total. The minimum absolute atomic E-state index is 0.186. The van der Waals surface area contributed by atoms with E-state index in [-0.39, 0.29) is 17.0 Å². The minimum atomic E-state index is -0.263. The smallest absolute Gasteiger partial charge is 0.306 e. The van der Waals surface area contributed by atoms with Gasteiger partial charge >= 0.3 is 5.97 Å². The number of rotatable bonds is 5. The van der Waals surface area contributed by atoms with Crippen molar-refractivity contribution < 1.29 is 13.9 Å². The van der Waals surface area contributed by atoms with Gasteiger partial charge in [-0.15, -0.1) is 0 Å². The molecule has 17 heavy (non-hydrogen) atoms. The Bertz CT molecular complexity index is 398. The molecule has 0 fully saturated rings. The number of esters is 1. The molecule has 0 saturated carbocycles. The Morgan fingerprint density at radius 3 is 2.88 bits per heavy atom. The number of hydrogen-bond acceptors (Lipinski definition) is 3. The predicted molar refractivity (Wildman–Crippen MR) is 71.5 cm³/mol. The van der Waals surface area contributed by atoms with Crippen LogP contribution in [0, 0.1) is 5.82 Å². The zero-order valence-corrected chi connectivity index (χ0v) is 12.1. The van der Waals surface area contributed by atoms with Crippen LogP contribution in [0.3, 0.4) is 0 Å². The van der Waals surface area contributed by atoms with Crippen molar-refractivity contribution in [3.8, 4) is 0 Å². The summed E-state index contributed by atoms with van der Waals surface area (Å²) in [6.07, 6.45) is 0.392. The summed E-state index contributed by atoms with van der Waals surface area (Å²) in [4.78, 5) is 11.0. The summed E-state index contributed by atoms with van der Waals surface area (Å²) >= 11 is 4.79. The maximum absolute atomic E-state index is 13.0. The summed E-state index contributed by atoms with van der Waals surface area (Å²) in [5, 5.41) is 0.186. The monoisotopic (exact) mass is 320 g/mol. The highest BCUT2D eigenvalue weighted by Gasteiger charge is 2.10. The standard InChI is InChI=1S/C12H14BrFO2S/c1-8(5-12(15)16-2)17-7-9-3-4-11(14)10(13)6-9/h3-4,6,8H,5,7H2,1-2H3. The molecule has 0 amide bonds. The second-order valence-electron chi connectivity index (χ2n) is 3.65. The fraction of sp³-hybridized carbons (Fsp3) is 0.417. The molecule has 1 rings (SSSR count). The van der Waals surface area contributed by atoms with Gasteiger partial charge in [0.15, 0.2) is 0 Å². The molecule has 0 radical (unpaired) electrons. The lowest BCUT2D eigenvalue weighted by Crippen LogP contribution is -2.08. The highest BCUT2D eigenvalue weighted by atomic mass is 79.9. The largest absolute Gasteiger partial charge is 0.469 e. The summed E-state index contributed by atoms with van der Waals surface area (Å²) in [6.45, 7) is 1.97. The molecule has 0 aliphatic rings. The molecule has 0 bridgehead atoms. The molecular weight excluding hydrogens is 307 g/mol. The van der Waals surface area contributed by atoms with E-state index in [1.807, 2.05) is 6.92 Å². The third kappa shape index (κ3) is 5.08. The van der Waals surface area contributed by atoms with E-state index in [4.69, 9.17) is 0 Å². The van der Waals surface area contributed by atoms with Gasteiger partial charge in [0.1, 0.15) is 5.82 Å². The molecule has 1 aromatic rings. The zero-order valence-electron chi connectivity index (χ0n) is 9.70. The van der Waals surface area contributed by atoms with Crippen LogP contribution in [0.5, 0.6) is 0 Å². The zero-order chi connectivity index (χ0) is 12.8. The SMILES string of the molecule is COC(=O)CC(C)SCc1ccc(F)c(Br)c1. The normalized spacial score (nSPS) is 12.2. The first-order chi connectivity index (χ1) is 8.02. The number of halogens is 2. The summed E-state index contributed by atoms with van der Waals surface area (Å²) in [5.74, 6) is 0.281. The van der Waals surface area contributed by atoms with Gasteiger partial charge in [-0.05, 0) is 33.6 Å². The maximum atomic E-state index is 13.0. The van der Waals surface area contributed by atoms with Gasteiger partial charge < -0.3 is 4.74 Å². The summed E-state index contributed by atoms with van der Waals surface area (Å²) in [5.41, 5.74) is 1.03. The third-order valence-corrected chi connectivity index (χ3v) is 4.04. The van der Waals surface area contributed by atoms with Gasteiger partial charge in [0.05, 0.1) is 18.0 Å². The fourth-order valence-corrected chi connectivity index (χ4v) is 2.58. The topological polar surface area (TPSA) is 26.3 Å². The Hall–Kier alpha value is -0.550. The number of hydrogen-bond donors (Lipinski definition) is 0. The van der Waals surface area contributed by atoms with Gasteiger partial charge in [0.25, 0.3) is 0 Å². The van der Waals surface area contributed by atoms with Crippen molar-refractivity contribution in [3.63, 3.8) is 0 Å². The van der Waals surface area contributed by atoms with Gasteiger partial charge in [0, 0.05) is 11.0 Å². The highest BCUT2D eigenvalue weighted by Crippen LogP contribution is 2.23. The average molecular weight is 321 g/mol. The molecule has 1 unspecified atom stereocenters. The van der Waals surface area contributed by atoms with Crippen molar-refractivity contribution >= 4 is 33.7 Å². The number of carbonyl (C=O) groups excluding carboxylic acids is 1. The predicted octanol–water partition coefficient (Wildman–Crippen LogP) is 3.77. The van der Waals surface area contributed by atoms with E-state index in [0.717, 1.165) is 11.3 Å². The lowest BCUT2D eigenvalue weighted by Gasteiger charge is -2.10. The molecule has 0 heterocycles. The van der Waals surface area contributed by atoms with Crippen LogP contribution in [0.15, 0.2) is 22.7 Å². The van der Waals surface area contributed by atoms with Crippen LogP contribution in [0.25, 0.3) is 0 Å². The maximum Gasteiger partial charge on any atom is 0.306 e. The number of methoxy groups -OCH3 is 1. The molecule has 94 valence electrons. The number of thioether (sulfide) groups is 1. The van der Waals surface area contributed by atoms with Crippen molar-refractivity contribution in [2.75, 3.05) is 7.11 Å². The quantitative estimate of drug-likeness (QED) is 0.772. The molecule has 5 heteroatoms. The molecule has 0 aliphatic carbocycles. The summed E-state index contributed by atoms with van der Waals surface area (Å²) < 4.78 is 18.1. The van der Waals surface area contributed by atoms with Crippen molar-refractivity contribution in [3.05, 3.63) is 34.1 Å². The van der Waals surface area contributed by atoms with E-state index in [1.165, 1.54) is 13.2 Å². The number of ether oxygens (including phenoxy) is 1. The Balaban J connectivity index is 2.44. The van der Waals surface area contributed by atoms with Gasteiger partial charge in [-0.1, -0.05) is 13.0 Å². The Morgan fingerprint density at radius 1 is 1.59 bits per heavy atom. The molecule has 0 saturated heterocycles. The van der Waals surface area contributed by atoms with Crippen LogP contribution < -0.4 is 0 Å². The summed E-state index contributed by atoms with van der Waals surface area (Å²) in [7, 11) is 1.39. The van der Waals surface area contributed by atoms with Gasteiger partial charge in [0.2, 0.25) is 0 Å². The second kappa shape index (κ2) is 7.01. The molecule has 0 aromatic heterocycles. The molecule has 1 atom stereocenters. The van der Waals surface area contributed by atoms with Crippen LogP contribution >= 0.6 is 27.7 Å². The van der Waals surface area contributed by atoms with E-state index in [9.17, 15) is 9.18 Å². The summed E-state index contributed by atoms with van der Waals surface area (Å²) in [6, 6.07) is 4.94. The van der Waals surface area contributed by atoms with E-state index < -0.39 is 0 Å². The van der Waals surface area contributed by atoms with Crippen LogP contribution in [0.2, 0.25) is 0 Å². The molecule has 2 nitrogen and oxygen atoms in total. The fourth-order valence-electron chi connectivity index (χ4n) is 1.24. The van der Waals surface area contributed by atoms with Crippen molar-refractivity contribution in [2.45, 2.75) is 24.3 Å². The first-order valence-electron chi connectivity index (χ1n) is 5.15. The lowest BCUT2D eigenvalue weighted by molar-refractivity contribution is -0.140. The molecule has 0 spiro atoms. The number of carbonyl (C=O) groups is 1. The lowest BCUT2D eigenvalue weighted by atomic mass is 10.2. The van der Waals surface area contributed by atoms with Crippen molar-refractivity contribution in [1.29, 1.82) is 0 Å². The molecule has 0 aliphatic heterocycles. The minimum Gasteiger partial charge on any atom is -0.469 e. The van der Waals surface area contributed by atoms with Gasteiger partial charge in [-0.25, -0.2) is 4.39 Å². The van der Waals surface area contributed by atoms with Crippen molar-refractivity contribution in [2.24, 2.45) is 0 Å².